The summed E-state index contributed by atoms with van der Waals surface area (Å²) in [7, 11) is 1.59. The Morgan fingerprint density at radius 3 is 2.77 bits per heavy atom. The summed E-state index contributed by atoms with van der Waals surface area (Å²) >= 11 is 0. The zero-order valence-electron chi connectivity index (χ0n) is 8.24. The number of hydrogen-bond donors (Lipinski definition) is 1. The van der Waals surface area contributed by atoms with Gasteiger partial charge in [-0.2, -0.15) is 0 Å². The van der Waals surface area contributed by atoms with Crippen molar-refractivity contribution in [1.29, 1.82) is 0 Å². The van der Waals surface area contributed by atoms with Crippen molar-refractivity contribution >= 4 is 0 Å². The zero-order valence-corrected chi connectivity index (χ0v) is 8.24. The standard InChI is InChI=1S/C10H15NO2/c1-7-4-9(5-8(2)12)6-10(11-7)13-3/h4,6,8,12H,5H2,1-3H3/t8-/m0/s1. The van der Waals surface area contributed by atoms with E-state index in [1.54, 1.807) is 14.0 Å². The first-order chi connectivity index (χ1) is 6.11. The number of aryl methyl sites for hydroxylation is 1. The molecule has 0 bridgehead atoms. The number of pyridine rings is 1. The van der Waals surface area contributed by atoms with Crippen LogP contribution in [0.1, 0.15) is 18.2 Å². The van der Waals surface area contributed by atoms with Gasteiger partial charge in [-0.05, 0) is 31.9 Å². The van der Waals surface area contributed by atoms with Crippen molar-refractivity contribution in [3.8, 4) is 5.88 Å². The molecule has 1 N–H and O–H groups in total. The average molecular weight is 181 g/mol. The van der Waals surface area contributed by atoms with Gasteiger partial charge < -0.3 is 9.84 Å². The molecule has 0 aliphatic heterocycles. The quantitative estimate of drug-likeness (QED) is 0.764. The molecule has 72 valence electrons. The Hall–Kier alpha value is -1.09. The highest BCUT2D eigenvalue weighted by atomic mass is 16.5. The summed E-state index contributed by atoms with van der Waals surface area (Å²) in [4.78, 5) is 4.16. The fourth-order valence-electron chi connectivity index (χ4n) is 1.27. The lowest BCUT2D eigenvalue weighted by atomic mass is 10.1. The number of ether oxygens (including phenoxy) is 1. The normalized spacial score (nSPS) is 12.6. The summed E-state index contributed by atoms with van der Waals surface area (Å²) < 4.78 is 5.02. The first-order valence-electron chi connectivity index (χ1n) is 4.31. The third-order valence-corrected chi connectivity index (χ3v) is 1.73. The van der Waals surface area contributed by atoms with Crippen molar-refractivity contribution in [2.24, 2.45) is 0 Å². The molecule has 13 heavy (non-hydrogen) atoms. The van der Waals surface area contributed by atoms with E-state index in [1.807, 2.05) is 19.1 Å². The summed E-state index contributed by atoms with van der Waals surface area (Å²) in [6.07, 6.45) is 0.311. The van der Waals surface area contributed by atoms with E-state index in [4.69, 9.17) is 4.74 Å². The van der Waals surface area contributed by atoms with Gasteiger partial charge in [0.1, 0.15) is 0 Å². The lowest BCUT2D eigenvalue weighted by Crippen LogP contribution is -2.05. The maximum absolute atomic E-state index is 9.20. The van der Waals surface area contributed by atoms with Crippen LogP contribution in [0, 0.1) is 6.92 Å². The first kappa shape index (κ1) is 9.99. The minimum absolute atomic E-state index is 0.327. The molecule has 3 heteroatoms. The Morgan fingerprint density at radius 1 is 1.54 bits per heavy atom. The maximum Gasteiger partial charge on any atom is 0.213 e. The van der Waals surface area contributed by atoms with Gasteiger partial charge in [-0.15, -0.1) is 0 Å². The second-order valence-electron chi connectivity index (χ2n) is 3.21. The highest BCUT2D eigenvalue weighted by molar-refractivity contribution is 5.25. The van der Waals surface area contributed by atoms with Gasteiger partial charge in [0.2, 0.25) is 5.88 Å². The summed E-state index contributed by atoms with van der Waals surface area (Å²) in [5.74, 6) is 0.607. The summed E-state index contributed by atoms with van der Waals surface area (Å²) in [6, 6.07) is 3.80. The molecular formula is C10H15NO2. The number of rotatable bonds is 3. The van der Waals surface area contributed by atoms with Crippen molar-refractivity contribution in [3.63, 3.8) is 0 Å². The van der Waals surface area contributed by atoms with Crippen molar-refractivity contribution in [2.45, 2.75) is 26.4 Å². The Balaban J connectivity index is 2.88. The van der Waals surface area contributed by atoms with Crippen molar-refractivity contribution in [3.05, 3.63) is 23.4 Å². The van der Waals surface area contributed by atoms with Crippen LogP contribution in [-0.4, -0.2) is 23.3 Å². The number of aromatic nitrogens is 1. The minimum atomic E-state index is -0.327. The second kappa shape index (κ2) is 4.23. The van der Waals surface area contributed by atoms with E-state index in [-0.39, 0.29) is 6.10 Å². The molecule has 1 atom stereocenters. The number of aliphatic hydroxyl groups excluding tert-OH is 1. The van der Waals surface area contributed by atoms with Gasteiger partial charge in [-0.3, -0.25) is 0 Å². The SMILES string of the molecule is COc1cc(C[C@H](C)O)cc(C)n1. The highest BCUT2D eigenvalue weighted by Crippen LogP contribution is 2.13. The van der Waals surface area contributed by atoms with Crippen LogP contribution in [0.25, 0.3) is 0 Å². The molecule has 0 fully saturated rings. The first-order valence-corrected chi connectivity index (χ1v) is 4.31. The fourth-order valence-corrected chi connectivity index (χ4v) is 1.27. The molecule has 1 heterocycles. The topological polar surface area (TPSA) is 42.4 Å². The predicted molar refractivity (Wildman–Crippen MR) is 50.9 cm³/mol. The molecule has 0 amide bonds. The van der Waals surface area contributed by atoms with E-state index in [1.165, 1.54) is 0 Å². The number of hydrogen-bond acceptors (Lipinski definition) is 3. The molecule has 1 aromatic heterocycles. The van der Waals surface area contributed by atoms with Gasteiger partial charge in [-0.25, -0.2) is 4.98 Å². The lowest BCUT2D eigenvalue weighted by Gasteiger charge is -2.07. The van der Waals surface area contributed by atoms with E-state index < -0.39 is 0 Å². The molecule has 0 saturated carbocycles. The van der Waals surface area contributed by atoms with Crippen LogP contribution in [0.4, 0.5) is 0 Å². The van der Waals surface area contributed by atoms with Gasteiger partial charge in [0, 0.05) is 11.8 Å². The highest BCUT2D eigenvalue weighted by Gasteiger charge is 2.02. The third-order valence-electron chi connectivity index (χ3n) is 1.73. The van der Waals surface area contributed by atoms with Gasteiger partial charge in [0.05, 0.1) is 13.2 Å². The molecule has 0 unspecified atom stereocenters. The lowest BCUT2D eigenvalue weighted by molar-refractivity contribution is 0.195. The van der Waals surface area contributed by atoms with Crippen molar-refractivity contribution < 1.29 is 9.84 Å². The van der Waals surface area contributed by atoms with Crippen molar-refractivity contribution in [2.75, 3.05) is 7.11 Å². The molecule has 1 aromatic rings. The molecule has 0 spiro atoms. The molecule has 0 radical (unpaired) electrons. The molecular weight excluding hydrogens is 166 g/mol. The van der Waals surface area contributed by atoms with E-state index in [9.17, 15) is 5.11 Å². The van der Waals surface area contributed by atoms with Gasteiger partial charge in [0.25, 0.3) is 0 Å². The van der Waals surface area contributed by atoms with Crippen LogP contribution in [-0.2, 0) is 6.42 Å². The Labute approximate surface area is 78.4 Å². The molecule has 0 saturated heterocycles. The predicted octanol–water partition coefficient (Wildman–Crippen LogP) is 1.32. The molecule has 0 aromatic carbocycles. The number of nitrogens with zero attached hydrogens (tertiary/aromatic N) is 1. The van der Waals surface area contributed by atoms with Crippen LogP contribution in [0.15, 0.2) is 12.1 Å². The van der Waals surface area contributed by atoms with Crippen LogP contribution < -0.4 is 4.74 Å². The van der Waals surface area contributed by atoms with Crippen LogP contribution in [0.2, 0.25) is 0 Å². The summed E-state index contributed by atoms with van der Waals surface area (Å²) in [6.45, 7) is 3.68. The summed E-state index contributed by atoms with van der Waals surface area (Å²) in [5, 5.41) is 9.20. The number of methoxy groups -OCH3 is 1. The van der Waals surface area contributed by atoms with Gasteiger partial charge >= 0.3 is 0 Å². The molecule has 1 rings (SSSR count). The van der Waals surface area contributed by atoms with Crippen LogP contribution in [0.3, 0.4) is 0 Å². The van der Waals surface area contributed by atoms with E-state index >= 15 is 0 Å². The number of aliphatic hydroxyl groups is 1. The monoisotopic (exact) mass is 181 g/mol. The van der Waals surface area contributed by atoms with Crippen molar-refractivity contribution in [1.82, 2.24) is 4.98 Å². The van der Waals surface area contributed by atoms with E-state index in [2.05, 4.69) is 4.98 Å². The van der Waals surface area contributed by atoms with E-state index in [0.29, 0.717) is 12.3 Å². The van der Waals surface area contributed by atoms with Gasteiger partial charge in [-0.1, -0.05) is 0 Å². The Kier molecular flexibility index (Phi) is 3.25. The van der Waals surface area contributed by atoms with Crippen LogP contribution in [0.5, 0.6) is 5.88 Å². The zero-order chi connectivity index (χ0) is 9.84. The largest absolute Gasteiger partial charge is 0.481 e. The molecule has 0 aliphatic rings. The average Bonchev–Trinajstić information content (AvgIpc) is 2.01. The molecule has 3 nitrogen and oxygen atoms in total. The minimum Gasteiger partial charge on any atom is -0.481 e. The van der Waals surface area contributed by atoms with Gasteiger partial charge in [0.15, 0.2) is 0 Å². The summed E-state index contributed by atoms with van der Waals surface area (Å²) in [5.41, 5.74) is 1.97. The second-order valence-corrected chi connectivity index (χ2v) is 3.21. The smallest absolute Gasteiger partial charge is 0.213 e. The fraction of sp³-hybridized carbons (Fsp3) is 0.500. The Bertz CT molecular complexity index is 284. The molecule has 0 aliphatic carbocycles. The van der Waals surface area contributed by atoms with Crippen LogP contribution >= 0.6 is 0 Å². The Morgan fingerprint density at radius 2 is 2.23 bits per heavy atom. The maximum atomic E-state index is 9.20. The third kappa shape index (κ3) is 3.03. The van der Waals surface area contributed by atoms with E-state index in [0.717, 1.165) is 11.3 Å².